The van der Waals surface area contributed by atoms with Crippen molar-refractivity contribution >= 4 is 46.1 Å². The van der Waals surface area contributed by atoms with Gasteiger partial charge in [-0.2, -0.15) is 27.7 Å². The average molecular weight is 751 g/mol. The zero-order valence-corrected chi connectivity index (χ0v) is 28.9. The third-order valence-corrected chi connectivity index (χ3v) is 8.51. The van der Waals surface area contributed by atoms with E-state index in [0.717, 1.165) is 28.3 Å². The number of nitrogens with one attached hydrogen (secondary N) is 2. The summed E-state index contributed by atoms with van der Waals surface area (Å²) < 4.78 is 53.5. The van der Waals surface area contributed by atoms with Crippen LogP contribution in [0.1, 0.15) is 36.1 Å². The Morgan fingerprint density at radius 1 is 1.15 bits per heavy atom. The normalized spacial score (nSPS) is 13.1. The maximum absolute atomic E-state index is 14.4. The number of aromatic hydroxyl groups is 1. The van der Waals surface area contributed by atoms with E-state index in [-0.39, 0.29) is 68.6 Å². The molecule has 2 amide bonds. The molecule has 1 aliphatic rings. The van der Waals surface area contributed by atoms with Crippen LogP contribution < -0.4 is 20.9 Å². The predicted octanol–water partition coefficient (Wildman–Crippen LogP) is 5.96. The van der Waals surface area contributed by atoms with Gasteiger partial charge < -0.3 is 29.8 Å². The SMILES string of the molecule is C=CC(=O)Nc1cc(Oc2ncnc(C)c2O)ccc1-c1c(CC)n(CC(=O)Nc2ccc(C(F)(F)F)cc2Cl)c2nc(C3=CCOCC3)nn2c1=O. The van der Waals surface area contributed by atoms with Crippen LogP contribution in [0.25, 0.3) is 22.5 Å². The van der Waals surface area contributed by atoms with Gasteiger partial charge in [0.15, 0.2) is 5.82 Å². The largest absolute Gasteiger partial charge is 0.502 e. The Kier molecular flexibility index (Phi) is 10.3. The first-order chi connectivity index (χ1) is 25.3. The summed E-state index contributed by atoms with van der Waals surface area (Å²) in [5, 5.41) is 19.8. The summed E-state index contributed by atoms with van der Waals surface area (Å²) in [7, 11) is 0. The van der Waals surface area contributed by atoms with Gasteiger partial charge in [-0.15, -0.1) is 5.10 Å². The highest BCUT2D eigenvalue weighted by Gasteiger charge is 2.31. The molecule has 0 spiro atoms. The fourth-order valence-electron chi connectivity index (χ4n) is 5.62. The Bertz CT molecular complexity index is 2370. The van der Waals surface area contributed by atoms with Crippen LogP contribution in [0, 0.1) is 6.92 Å². The molecule has 0 fully saturated rings. The molecule has 1 aliphatic heterocycles. The average Bonchev–Trinajstić information content (AvgIpc) is 3.59. The molecule has 2 aromatic carbocycles. The number of alkyl halides is 3. The zero-order valence-electron chi connectivity index (χ0n) is 28.1. The van der Waals surface area contributed by atoms with Gasteiger partial charge in [0, 0.05) is 17.3 Å². The van der Waals surface area contributed by atoms with Crippen LogP contribution in [0.3, 0.4) is 0 Å². The number of amides is 2. The maximum atomic E-state index is 14.4. The molecule has 0 radical (unpaired) electrons. The molecule has 0 aliphatic carbocycles. The Morgan fingerprint density at radius 3 is 2.62 bits per heavy atom. The molecule has 0 unspecified atom stereocenters. The molecule has 4 heterocycles. The lowest BCUT2D eigenvalue weighted by Gasteiger charge is -2.20. The van der Waals surface area contributed by atoms with Crippen molar-refractivity contribution in [3.05, 3.63) is 99.6 Å². The Morgan fingerprint density at radius 2 is 1.94 bits per heavy atom. The van der Waals surface area contributed by atoms with Gasteiger partial charge in [-0.3, -0.25) is 14.4 Å². The van der Waals surface area contributed by atoms with Crippen LogP contribution in [0.2, 0.25) is 5.02 Å². The van der Waals surface area contributed by atoms with Crippen molar-refractivity contribution in [3.63, 3.8) is 0 Å². The number of benzene rings is 2. The first-order valence-corrected chi connectivity index (χ1v) is 16.4. The number of ether oxygens (including phenoxy) is 2. The van der Waals surface area contributed by atoms with Gasteiger partial charge in [0.05, 0.1) is 46.4 Å². The van der Waals surface area contributed by atoms with Crippen LogP contribution in [-0.4, -0.2) is 59.3 Å². The number of fused-ring (bicyclic) bond motifs is 1. The fraction of sp³-hybridized carbons (Fsp3) is 0.229. The Hall–Kier alpha value is -6.07. The van der Waals surface area contributed by atoms with E-state index in [1.165, 1.54) is 29.1 Å². The number of hydrogen-bond acceptors (Lipinski definition) is 10. The zero-order chi connectivity index (χ0) is 38.0. The molecule has 5 aromatic rings. The standard InChI is InChI=1S/C35H30ClF3N8O6/c1-4-26-29(22-8-7-21(15-25(22)43-27(48)5-2)53-32-30(50)18(3)40-17-41-32)33(51)47-34(44-31(45-47)19-10-12-52-13-11-19)46(26)16-28(49)42-24-9-6-20(14-23(24)36)35(37,38)39/h5-10,14-15,17,50H,2,4,11-13,16H2,1,3H3,(H,42,49)(H,43,48). The summed E-state index contributed by atoms with van der Waals surface area (Å²) in [6.45, 7) is 7.05. The number of anilines is 2. The Labute approximate surface area is 303 Å². The number of nitrogens with zero attached hydrogens (tertiary/aromatic N) is 6. The smallest absolute Gasteiger partial charge is 0.416 e. The van der Waals surface area contributed by atoms with Crippen LogP contribution in [0.5, 0.6) is 17.4 Å². The summed E-state index contributed by atoms with van der Waals surface area (Å²) in [6.07, 6.45) is 0.000433. The van der Waals surface area contributed by atoms with Gasteiger partial charge in [-0.1, -0.05) is 31.2 Å². The number of aromatic nitrogens is 6. The van der Waals surface area contributed by atoms with Crippen molar-refractivity contribution < 1.29 is 37.3 Å². The van der Waals surface area contributed by atoms with Crippen molar-refractivity contribution in [1.82, 2.24) is 29.1 Å². The molecular formula is C35H30ClF3N8O6. The fourth-order valence-corrected chi connectivity index (χ4v) is 5.85. The number of aryl methyl sites for hydroxylation is 1. The molecule has 14 nitrogen and oxygen atoms in total. The first-order valence-electron chi connectivity index (χ1n) is 16.0. The van der Waals surface area contributed by atoms with Crippen LogP contribution in [0.15, 0.2) is 66.3 Å². The second kappa shape index (κ2) is 14.9. The molecule has 274 valence electrons. The number of rotatable bonds is 10. The summed E-state index contributed by atoms with van der Waals surface area (Å²) >= 11 is 6.12. The van der Waals surface area contributed by atoms with Gasteiger partial charge in [0.1, 0.15) is 18.6 Å². The van der Waals surface area contributed by atoms with Crippen LogP contribution in [0.4, 0.5) is 24.5 Å². The molecule has 0 atom stereocenters. The molecule has 18 heteroatoms. The minimum absolute atomic E-state index is 0.0119. The van der Waals surface area contributed by atoms with Crippen molar-refractivity contribution in [1.29, 1.82) is 0 Å². The van der Waals surface area contributed by atoms with Gasteiger partial charge in [-0.05, 0) is 61.7 Å². The molecule has 0 saturated heterocycles. The first kappa shape index (κ1) is 36.7. The summed E-state index contributed by atoms with van der Waals surface area (Å²) in [5.74, 6) is -1.40. The summed E-state index contributed by atoms with van der Waals surface area (Å²) in [4.78, 5) is 53.2. The quantitative estimate of drug-likeness (QED) is 0.145. The van der Waals surface area contributed by atoms with E-state index >= 15 is 0 Å². The van der Waals surface area contributed by atoms with Crippen LogP contribution >= 0.6 is 11.6 Å². The number of carbonyl (C=O) groups is 2. The molecule has 0 bridgehead atoms. The second-order valence-electron chi connectivity index (χ2n) is 11.6. The van der Waals surface area contributed by atoms with Crippen molar-refractivity contribution in [2.75, 3.05) is 23.8 Å². The van der Waals surface area contributed by atoms with E-state index in [2.05, 4.69) is 37.3 Å². The molecular weight excluding hydrogens is 721 g/mol. The van der Waals surface area contributed by atoms with E-state index in [1.807, 2.05) is 0 Å². The topological polar surface area (TPSA) is 175 Å². The molecule has 6 rings (SSSR count). The van der Waals surface area contributed by atoms with E-state index in [9.17, 15) is 32.7 Å². The van der Waals surface area contributed by atoms with Crippen molar-refractivity contribution in [2.45, 2.75) is 39.4 Å². The lowest BCUT2D eigenvalue weighted by atomic mass is 10.0. The second-order valence-corrected chi connectivity index (χ2v) is 12.0. The molecule has 3 N–H and O–H groups in total. The lowest BCUT2D eigenvalue weighted by molar-refractivity contribution is -0.137. The summed E-state index contributed by atoms with van der Waals surface area (Å²) in [6, 6.07) is 6.95. The van der Waals surface area contributed by atoms with E-state index in [4.69, 9.17) is 21.1 Å². The van der Waals surface area contributed by atoms with Crippen LogP contribution in [-0.2, 0) is 33.5 Å². The number of carbonyl (C=O) groups excluding carboxylic acids is 2. The van der Waals surface area contributed by atoms with E-state index in [0.29, 0.717) is 31.4 Å². The minimum atomic E-state index is -4.64. The minimum Gasteiger partial charge on any atom is -0.502 e. The van der Waals surface area contributed by atoms with E-state index < -0.39 is 35.7 Å². The third-order valence-electron chi connectivity index (χ3n) is 8.20. The van der Waals surface area contributed by atoms with Gasteiger partial charge in [0.2, 0.25) is 23.3 Å². The Balaban J connectivity index is 1.50. The van der Waals surface area contributed by atoms with Gasteiger partial charge >= 0.3 is 6.18 Å². The summed E-state index contributed by atoms with van der Waals surface area (Å²) in [5.41, 5.74) is -0.0322. The highest BCUT2D eigenvalue weighted by Crippen LogP contribution is 2.37. The predicted molar refractivity (Wildman–Crippen MR) is 188 cm³/mol. The van der Waals surface area contributed by atoms with Crippen molar-refractivity contribution in [3.8, 4) is 28.5 Å². The van der Waals surface area contributed by atoms with E-state index in [1.54, 1.807) is 19.9 Å². The van der Waals surface area contributed by atoms with Crippen molar-refractivity contribution in [2.24, 2.45) is 0 Å². The molecule has 53 heavy (non-hydrogen) atoms. The highest BCUT2D eigenvalue weighted by molar-refractivity contribution is 6.33. The molecule has 0 saturated carbocycles. The third kappa shape index (κ3) is 7.61. The maximum Gasteiger partial charge on any atom is 0.416 e. The lowest BCUT2D eigenvalue weighted by Crippen LogP contribution is -2.29. The van der Waals surface area contributed by atoms with Gasteiger partial charge in [-0.25, -0.2) is 4.98 Å². The van der Waals surface area contributed by atoms with Gasteiger partial charge in [0.25, 0.3) is 11.4 Å². The monoisotopic (exact) mass is 750 g/mol. The number of hydrogen-bond donors (Lipinski definition) is 3. The molecule has 3 aromatic heterocycles. The number of halogens is 4. The highest BCUT2D eigenvalue weighted by atomic mass is 35.5.